The number of rotatable bonds is 4. The Kier molecular flexibility index (Phi) is 3.51. The summed E-state index contributed by atoms with van der Waals surface area (Å²) in [6, 6.07) is 10.4. The summed E-state index contributed by atoms with van der Waals surface area (Å²) in [4.78, 5) is 6.92. The maximum Gasteiger partial charge on any atom is 0.210 e. The van der Waals surface area contributed by atoms with Gasteiger partial charge in [-0.2, -0.15) is 0 Å². The van der Waals surface area contributed by atoms with Gasteiger partial charge in [-0.1, -0.05) is 18.2 Å². The third-order valence-electron chi connectivity index (χ3n) is 3.72. The molecule has 1 atom stereocenters. The Morgan fingerprint density at radius 1 is 1.32 bits per heavy atom. The van der Waals surface area contributed by atoms with Crippen molar-refractivity contribution in [2.45, 2.75) is 6.42 Å². The van der Waals surface area contributed by atoms with Crippen molar-refractivity contribution < 1.29 is 0 Å². The van der Waals surface area contributed by atoms with Gasteiger partial charge >= 0.3 is 0 Å². The zero-order valence-electron chi connectivity index (χ0n) is 11.3. The molecular formula is C15H20N4. The molecule has 1 aliphatic rings. The SMILES string of the molecule is CNCC1CCN(c2nccn2-c2ccccc2)C1. The number of benzene rings is 1. The van der Waals surface area contributed by atoms with Gasteiger partial charge < -0.3 is 10.2 Å². The fraction of sp³-hybridized carbons (Fsp3) is 0.400. The van der Waals surface area contributed by atoms with E-state index in [0.29, 0.717) is 0 Å². The number of hydrogen-bond donors (Lipinski definition) is 1. The first-order chi connectivity index (χ1) is 9.38. The predicted octanol–water partition coefficient (Wildman–Crippen LogP) is 1.92. The van der Waals surface area contributed by atoms with Gasteiger partial charge in [-0.25, -0.2) is 4.98 Å². The van der Waals surface area contributed by atoms with E-state index >= 15 is 0 Å². The molecule has 19 heavy (non-hydrogen) atoms. The Morgan fingerprint density at radius 3 is 2.95 bits per heavy atom. The van der Waals surface area contributed by atoms with Gasteiger partial charge in [0.1, 0.15) is 0 Å². The van der Waals surface area contributed by atoms with Crippen LogP contribution in [0.4, 0.5) is 5.95 Å². The van der Waals surface area contributed by atoms with Crippen molar-refractivity contribution in [2.24, 2.45) is 5.92 Å². The third-order valence-corrected chi connectivity index (χ3v) is 3.72. The van der Waals surface area contributed by atoms with Crippen molar-refractivity contribution >= 4 is 5.95 Å². The molecule has 0 spiro atoms. The van der Waals surface area contributed by atoms with Gasteiger partial charge in [0.25, 0.3) is 0 Å². The number of imidazole rings is 1. The number of nitrogens with zero attached hydrogens (tertiary/aromatic N) is 3. The Hall–Kier alpha value is -1.81. The topological polar surface area (TPSA) is 33.1 Å². The van der Waals surface area contributed by atoms with Crippen LogP contribution in [0.3, 0.4) is 0 Å². The van der Waals surface area contributed by atoms with Crippen molar-refractivity contribution in [3.05, 3.63) is 42.7 Å². The quantitative estimate of drug-likeness (QED) is 0.907. The van der Waals surface area contributed by atoms with E-state index in [1.165, 1.54) is 12.1 Å². The summed E-state index contributed by atoms with van der Waals surface area (Å²) < 4.78 is 2.17. The number of hydrogen-bond acceptors (Lipinski definition) is 3. The molecular weight excluding hydrogens is 236 g/mol. The normalized spacial score (nSPS) is 19.0. The molecule has 1 aromatic carbocycles. The van der Waals surface area contributed by atoms with Crippen LogP contribution in [0.5, 0.6) is 0 Å². The van der Waals surface area contributed by atoms with Gasteiger partial charge in [0.2, 0.25) is 5.95 Å². The van der Waals surface area contributed by atoms with Crippen LogP contribution in [0.2, 0.25) is 0 Å². The Morgan fingerprint density at radius 2 is 2.16 bits per heavy atom. The molecule has 1 fully saturated rings. The van der Waals surface area contributed by atoms with Crippen molar-refractivity contribution in [3.63, 3.8) is 0 Å². The summed E-state index contributed by atoms with van der Waals surface area (Å²) in [5.74, 6) is 1.79. The fourth-order valence-electron chi connectivity index (χ4n) is 2.79. The molecule has 4 nitrogen and oxygen atoms in total. The van der Waals surface area contributed by atoms with Crippen LogP contribution in [-0.4, -0.2) is 36.2 Å². The van der Waals surface area contributed by atoms with Crippen LogP contribution in [-0.2, 0) is 0 Å². The van der Waals surface area contributed by atoms with Gasteiger partial charge in [-0.15, -0.1) is 0 Å². The molecule has 4 heteroatoms. The molecule has 1 aliphatic heterocycles. The van der Waals surface area contributed by atoms with Crippen LogP contribution in [0.25, 0.3) is 5.69 Å². The molecule has 2 aromatic rings. The van der Waals surface area contributed by atoms with Crippen LogP contribution in [0.15, 0.2) is 42.7 Å². The molecule has 0 bridgehead atoms. The van der Waals surface area contributed by atoms with Crippen molar-refractivity contribution in [1.82, 2.24) is 14.9 Å². The van der Waals surface area contributed by atoms with Gasteiger partial charge in [-0.05, 0) is 38.1 Å². The van der Waals surface area contributed by atoms with E-state index < -0.39 is 0 Å². The second-order valence-electron chi connectivity index (χ2n) is 5.09. The molecule has 1 unspecified atom stereocenters. The number of anilines is 1. The van der Waals surface area contributed by atoms with Crippen LogP contribution in [0.1, 0.15) is 6.42 Å². The average Bonchev–Trinajstić information content (AvgIpc) is 3.08. The lowest BCUT2D eigenvalue weighted by molar-refractivity contribution is 0.548. The van der Waals surface area contributed by atoms with E-state index in [4.69, 9.17) is 0 Å². The smallest absolute Gasteiger partial charge is 0.210 e. The highest BCUT2D eigenvalue weighted by atomic mass is 15.3. The lowest BCUT2D eigenvalue weighted by Gasteiger charge is -2.19. The number of aromatic nitrogens is 2. The molecule has 1 aromatic heterocycles. The lowest BCUT2D eigenvalue weighted by atomic mass is 10.1. The summed E-state index contributed by atoms with van der Waals surface area (Å²) in [6.07, 6.45) is 5.16. The molecule has 100 valence electrons. The predicted molar refractivity (Wildman–Crippen MR) is 77.8 cm³/mol. The average molecular weight is 256 g/mol. The minimum Gasteiger partial charge on any atom is -0.342 e. The van der Waals surface area contributed by atoms with E-state index in [1.807, 2.05) is 25.5 Å². The summed E-state index contributed by atoms with van der Waals surface area (Å²) >= 11 is 0. The number of nitrogens with one attached hydrogen (secondary N) is 1. The molecule has 0 amide bonds. The molecule has 0 saturated carbocycles. The first kappa shape index (κ1) is 12.2. The van der Waals surface area contributed by atoms with Crippen molar-refractivity contribution in [2.75, 3.05) is 31.6 Å². The molecule has 3 rings (SSSR count). The van der Waals surface area contributed by atoms with E-state index in [2.05, 4.69) is 44.0 Å². The second kappa shape index (κ2) is 5.45. The van der Waals surface area contributed by atoms with E-state index in [-0.39, 0.29) is 0 Å². The van der Waals surface area contributed by atoms with Gasteiger partial charge in [-0.3, -0.25) is 4.57 Å². The van der Waals surface area contributed by atoms with Crippen LogP contribution < -0.4 is 10.2 Å². The van der Waals surface area contributed by atoms with Gasteiger partial charge in [0.15, 0.2) is 0 Å². The Labute approximate surface area is 114 Å². The monoisotopic (exact) mass is 256 g/mol. The maximum absolute atomic E-state index is 4.54. The summed E-state index contributed by atoms with van der Waals surface area (Å²) in [7, 11) is 2.02. The van der Waals surface area contributed by atoms with Gasteiger partial charge in [0, 0.05) is 31.2 Å². The maximum atomic E-state index is 4.54. The highest BCUT2D eigenvalue weighted by molar-refractivity contribution is 5.44. The summed E-state index contributed by atoms with van der Waals surface area (Å²) in [5.41, 5.74) is 1.17. The van der Waals surface area contributed by atoms with Gasteiger partial charge in [0.05, 0.1) is 0 Å². The molecule has 0 aliphatic carbocycles. The number of para-hydroxylation sites is 1. The lowest BCUT2D eigenvalue weighted by Crippen LogP contribution is -2.26. The van der Waals surface area contributed by atoms with Crippen LogP contribution >= 0.6 is 0 Å². The third kappa shape index (κ3) is 2.49. The van der Waals surface area contributed by atoms with E-state index in [0.717, 1.165) is 31.5 Å². The second-order valence-corrected chi connectivity index (χ2v) is 5.09. The van der Waals surface area contributed by atoms with Crippen molar-refractivity contribution in [3.8, 4) is 5.69 Å². The highest BCUT2D eigenvalue weighted by Crippen LogP contribution is 2.24. The highest BCUT2D eigenvalue weighted by Gasteiger charge is 2.24. The standard InChI is InChI=1S/C15H20N4/c1-16-11-13-7-9-18(12-13)15-17-8-10-19(15)14-5-3-2-4-6-14/h2-6,8,10,13,16H,7,9,11-12H2,1H3. The Bertz CT molecular complexity index is 520. The largest absolute Gasteiger partial charge is 0.342 e. The molecule has 1 N–H and O–H groups in total. The molecule has 1 saturated heterocycles. The van der Waals surface area contributed by atoms with E-state index in [1.54, 1.807) is 0 Å². The first-order valence-electron chi connectivity index (χ1n) is 6.87. The first-order valence-corrected chi connectivity index (χ1v) is 6.87. The fourth-order valence-corrected chi connectivity index (χ4v) is 2.79. The Balaban J connectivity index is 1.82. The minimum atomic E-state index is 0.728. The zero-order chi connectivity index (χ0) is 13.1. The zero-order valence-corrected chi connectivity index (χ0v) is 11.3. The van der Waals surface area contributed by atoms with E-state index in [9.17, 15) is 0 Å². The minimum absolute atomic E-state index is 0.728. The summed E-state index contributed by atoms with van der Waals surface area (Å²) in [5, 5.41) is 3.27. The molecule has 0 radical (unpaired) electrons. The van der Waals surface area contributed by atoms with Crippen LogP contribution in [0, 0.1) is 5.92 Å². The molecule has 2 heterocycles. The summed E-state index contributed by atoms with van der Waals surface area (Å²) in [6.45, 7) is 3.27. The van der Waals surface area contributed by atoms with Crippen molar-refractivity contribution in [1.29, 1.82) is 0 Å².